The topological polar surface area (TPSA) is 104 Å². The molecule has 0 radical (unpaired) electrons. The third kappa shape index (κ3) is 6.73. The molecule has 4 aromatic rings. The van der Waals surface area contributed by atoms with E-state index in [2.05, 4.69) is 25.8 Å². The van der Waals surface area contributed by atoms with E-state index in [0.717, 1.165) is 22.8 Å². The van der Waals surface area contributed by atoms with Gasteiger partial charge in [-0.15, -0.1) is 5.10 Å². The number of carbonyl (C=O) groups is 1. The SMILES string of the molecule is Cc1ccc(OCc2cn(CCOc3ccc(/C=N/NC(=O)c4ccncc4)cc3)nn2)cc1. The van der Waals surface area contributed by atoms with Crippen LogP contribution in [0.5, 0.6) is 11.5 Å². The second-order valence-corrected chi connectivity index (χ2v) is 7.43. The number of carbonyl (C=O) groups excluding carboxylic acids is 1. The van der Waals surface area contributed by atoms with Gasteiger partial charge >= 0.3 is 0 Å². The van der Waals surface area contributed by atoms with Crippen LogP contribution in [0, 0.1) is 6.92 Å². The highest BCUT2D eigenvalue weighted by Gasteiger charge is 2.04. The van der Waals surface area contributed by atoms with Crippen LogP contribution in [-0.4, -0.2) is 38.7 Å². The standard InChI is InChI=1S/C25H24N6O3/c1-19-2-6-24(7-3-19)34-18-22-17-31(30-28-22)14-15-33-23-8-4-20(5-9-23)16-27-29-25(32)21-10-12-26-13-11-21/h2-13,16-17H,14-15,18H2,1H3,(H,29,32)/b27-16+. The lowest BCUT2D eigenvalue weighted by molar-refractivity contribution is 0.0955. The molecule has 1 N–H and O–H groups in total. The minimum absolute atomic E-state index is 0.295. The smallest absolute Gasteiger partial charge is 0.271 e. The normalized spacial score (nSPS) is 10.9. The fraction of sp³-hybridized carbons (Fsp3) is 0.160. The number of ether oxygens (including phenoxy) is 2. The van der Waals surface area contributed by atoms with Crippen molar-refractivity contribution in [3.05, 3.63) is 102 Å². The van der Waals surface area contributed by atoms with Crippen LogP contribution in [-0.2, 0) is 13.2 Å². The van der Waals surface area contributed by atoms with Gasteiger partial charge in [-0.2, -0.15) is 5.10 Å². The number of benzene rings is 2. The van der Waals surface area contributed by atoms with Crippen LogP contribution < -0.4 is 14.9 Å². The van der Waals surface area contributed by atoms with Gasteiger partial charge in [-0.1, -0.05) is 22.9 Å². The van der Waals surface area contributed by atoms with E-state index in [4.69, 9.17) is 9.47 Å². The van der Waals surface area contributed by atoms with Crippen molar-refractivity contribution >= 4 is 12.1 Å². The summed E-state index contributed by atoms with van der Waals surface area (Å²) >= 11 is 0. The molecule has 1 amide bonds. The van der Waals surface area contributed by atoms with Crippen LogP contribution >= 0.6 is 0 Å². The van der Waals surface area contributed by atoms with E-state index < -0.39 is 0 Å². The van der Waals surface area contributed by atoms with Crippen LogP contribution in [0.1, 0.15) is 27.2 Å². The fourth-order valence-electron chi connectivity index (χ4n) is 2.95. The molecular formula is C25H24N6O3. The zero-order valence-corrected chi connectivity index (χ0v) is 18.7. The average Bonchev–Trinajstić information content (AvgIpc) is 3.33. The number of hydrazone groups is 1. The number of pyridine rings is 1. The Labute approximate surface area is 197 Å². The Kier molecular flexibility index (Phi) is 7.58. The lowest BCUT2D eigenvalue weighted by Crippen LogP contribution is -2.17. The molecule has 2 aromatic heterocycles. The molecule has 0 aliphatic carbocycles. The van der Waals surface area contributed by atoms with Gasteiger partial charge in [-0.3, -0.25) is 9.78 Å². The van der Waals surface area contributed by atoms with E-state index in [-0.39, 0.29) is 5.91 Å². The summed E-state index contributed by atoms with van der Waals surface area (Å²) in [6.07, 6.45) is 6.52. The highest BCUT2D eigenvalue weighted by atomic mass is 16.5. The van der Waals surface area contributed by atoms with Gasteiger partial charge in [0, 0.05) is 18.0 Å². The second kappa shape index (κ2) is 11.4. The number of amides is 1. The zero-order chi connectivity index (χ0) is 23.6. The summed E-state index contributed by atoms with van der Waals surface area (Å²) in [4.78, 5) is 15.8. The Bertz CT molecular complexity index is 1220. The number of aryl methyl sites for hydroxylation is 1. The van der Waals surface area contributed by atoms with E-state index in [1.165, 1.54) is 5.56 Å². The highest BCUT2D eigenvalue weighted by Crippen LogP contribution is 2.13. The molecule has 0 unspecified atom stereocenters. The van der Waals surface area contributed by atoms with E-state index >= 15 is 0 Å². The van der Waals surface area contributed by atoms with Crippen molar-refractivity contribution in [1.82, 2.24) is 25.4 Å². The van der Waals surface area contributed by atoms with Crippen molar-refractivity contribution in [1.29, 1.82) is 0 Å². The molecule has 172 valence electrons. The molecule has 0 saturated heterocycles. The van der Waals surface area contributed by atoms with Crippen molar-refractivity contribution in [2.24, 2.45) is 5.10 Å². The first-order chi connectivity index (χ1) is 16.7. The summed E-state index contributed by atoms with van der Waals surface area (Å²) in [5, 5.41) is 12.2. The molecule has 0 atom stereocenters. The molecule has 9 heteroatoms. The fourth-order valence-corrected chi connectivity index (χ4v) is 2.95. The third-order valence-electron chi connectivity index (χ3n) is 4.79. The van der Waals surface area contributed by atoms with E-state index in [1.807, 2.05) is 61.7 Å². The van der Waals surface area contributed by atoms with Crippen LogP contribution in [0.25, 0.3) is 0 Å². The summed E-state index contributed by atoms with van der Waals surface area (Å²) in [6.45, 7) is 3.39. The van der Waals surface area contributed by atoms with Gasteiger partial charge in [0.1, 0.15) is 30.4 Å². The second-order valence-electron chi connectivity index (χ2n) is 7.43. The number of rotatable bonds is 10. The maximum Gasteiger partial charge on any atom is 0.271 e. The summed E-state index contributed by atoms with van der Waals surface area (Å²) < 4.78 is 13.2. The molecule has 0 aliphatic heterocycles. The predicted octanol–water partition coefficient (Wildman–Crippen LogP) is 3.40. The van der Waals surface area contributed by atoms with Crippen LogP contribution in [0.15, 0.2) is 84.4 Å². The molecule has 0 spiro atoms. The maximum atomic E-state index is 11.9. The van der Waals surface area contributed by atoms with Gasteiger partial charge in [-0.25, -0.2) is 10.1 Å². The monoisotopic (exact) mass is 456 g/mol. The Morgan fingerprint density at radius 1 is 1.00 bits per heavy atom. The Balaban J connectivity index is 1.18. The van der Waals surface area contributed by atoms with Gasteiger partial charge in [0.2, 0.25) is 0 Å². The zero-order valence-electron chi connectivity index (χ0n) is 18.7. The van der Waals surface area contributed by atoms with Gasteiger partial charge in [0.15, 0.2) is 0 Å². The third-order valence-corrected chi connectivity index (χ3v) is 4.79. The number of hydrogen-bond acceptors (Lipinski definition) is 7. The Morgan fingerprint density at radius 2 is 1.71 bits per heavy atom. The summed E-state index contributed by atoms with van der Waals surface area (Å²) in [6, 6.07) is 18.5. The van der Waals surface area contributed by atoms with Crippen LogP contribution in [0.4, 0.5) is 0 Å². The van der Waals surface area contributed by atoms with Crippen molar-refractivity contribution in [2.45, 2.75) is 20.1 Å². The minimum atomic E-state index is -0.295. The van der Waals surface area contributed by atoms with E-state index in [1.54, 1.807) is 35.4 Å². The Morgan fingerprint density at radius 3 is 2.47 bits per heavy atom. The van der Waals surface area contributed by atoms with Gasteiger partial charge < -0.3 is 9.47 Å². The van der Waals surface area contributed by atoms with Crippen molar-refractivity contribution < 1.29 is 14.3 Å². The highest BCUT2D eigenvalue weighted by molar-refractivity contribution is 5.94. The molecular weight excluding hydrogens is 432 g/mol. The molecule has 0 saturated carbocycles. The van der Waals surface area contributed by atoms with Crippen LogP contribution in [0.3, 0.4) is 0 Å². The molecule has 2 aromatic carbocycles. The lowest BCUT2D eigenvalue weighted by Gasteiger charge is -2.06. The summed E-state index contributed by atoms with van der Waals surface area (Å²) in [5.74, 6) is 1.23. The van der Waals surface area contributed by atoms with Crippen LogP contribution in [0.2, 0.25) is 0 Å². The average molecular weight is 457 g/mol. The maximum absolute atomic E-state index is 11.9. The number of hydrogen-bond donors (Lipinski definition) is 1. The van der Waals surface area contributed by atoms with E-state index in [9.17, 15) is 4.79 Å². The van der Waals surface area contributed by atoms with Gasteiger partial charge in [-0.05, 0) is 61.0 Å². The summed E-state index contributed by atoms with van der Waals surface area (Å²) in [5.41, 5.74) is 5.75. The summed E-state index contributed by atoms with van der Waals surface area (Å²) in [7, 11) is 0. The quantitative estimate of drug-likeness (QED) is 0.290. The number of aromatic nitrogens is 4. The largest absolute Gasteiger partial charge is 0.492 e. The Hall–Kier alpha value is -4.53. The molecule has 4 rings (SSSR count). The first kappa shape index (κ1) is 22.7. The van der Waals surface area contributed by atoms with Gasteiger partial charge in [0.25, 0.3) is 5.91 Å². The van der Waals surface area contributed by atoms with Crippen molar-refractivity contribution in [3.8, 4) is 11.5 Å². The lowest BCUT2D eigenvalue weighted by atomic mass is 10.2. The number of nitrogens with zero attached hydrogens (tertiary/aromatic N) is 5. The molecule has 0 aliphatic rings. The first-order valence-electron chi connectivity index (χ1n) is 10.7. The van der Waals surface area contributed by atoms with Crippen molar-refractivity contribution in [3.63, 3.8) is 0 Å². The molecule has 0 bridgehead atoms. The van der Waals surface area contributed by atoms with E-state index in [0.29, 0.717) is 25.3 Å². The molecule has 34 heavy (non-hydrogen) atoms. The first-order valence-corrected chi connectivity index (χ1v) is 10.7. The minimum Gasteiger partial charge on any atom is -0.492 e. The predicted molar refractivity (Wildman–Crippen MR) is 127 cm³/mol. The number of nitrogens with one attached hydrogen (secondary N) is 1. The van der Waals surface area contributed by atoms with Gasteiger partial charge in [0.05, 0.1) is 19.0 Å². The van der Waals surface area contributed by atoms with Crippen molar-refractivity contribution in [2.75, 3.05) is 6.61 Å². The molecule has 0 fully saturated rings. The molecule has 9 nitrogen and oxygen atoms in total. The molecule has 2 heterocycles.